The Kier molecular flexibility index (Phi) is 2.92. The third-order valence-electron chi connectivity index (χ3n) is 3.97. The fourth-order valence-electron chi connectivity index (χ4n) is 2.74. The third kappa shape index (κ3) is 1.62. The van der Waals surface area contributed by atoms with Gasteiger partial charge in [-0.1, -0.05) is 17.3 Å². The van der Waals surface area contributed by atoms with Gasteiger partial charge in [-0.2, -0.15) is 0 Å². The van der Waals surface area contributed by atoms with Crippen molar-refractivity contribution >= 4 is 11.6 Å². The zero-order valence-electron chi connectivity index (χ0n) is 11.9. The number of rotatable bonds is 3. The molecule has 2 aliphatic heterocycles. The molecule has 0 N–H and O–H groups in total. The van der Waals surface area contributed by atoms with Gasteiger partial charge in [0.1, 0.15) is 11.5 Å². The average Bonchev–Trinajstić information content (AvgIpc) is 2.99. The topological polar surface area (TPSA) is 51.1 Å². The second-order valence-corrected chi connectivity index (χ2v) is 5.15. The van der Waals surface area contributed by atoms with Crippen LogP contribution in [0.2, 0.25) is 0 Å². The van der Waals surface area contributed by atoms with E-state index in [4.69, 9.17) is 9.57 Å². The highest BCUT2D eigenvalue weighted by atomic mass is 16.7. The van der Waals surface area contributed by atoms with Gasteiger partial charge in [-0.05, 0) is 32.9 Å². The summed E-state index contributed by atoms with van der Waals surface area (Å²) in [6.07, 6.45) is -0.465. The lowest BCUT2D eigenvalue weighted by Crippen LogP contribution is -2.55. The van der Waals surface area contributed by atoms with Crippen molar-refractivity contribution in [3.8, 4) is 5.75 Å². The number of oxime groups is 1. The molecule has 106 valence electrons. The Balaban J connectivity index is 1.93. The highest BCUT2D eigenvalue weighted by Gasteiger charge is 2.57. The van der Waals surface area contributed by atoms with Crippen molar-refractivity contribution in [1.82, 2.24) is 4.90 Å². The van der Waals surface area contributed by atoms with Crippen LogP contribution in [0.3, 0.4) is 0 Å². The van der Waals surface area contributed by atoms with E-state index in [9.17, 15) is 4.79 Å². The molecule has 2 aliphatic rings. The summed E-state index contributed by atoms with van der Waals surface area (Å²) in [5.74, 6) is 0.678. The van der Waals surface area contributed by atoms with Crippen LogP contribution in [0.4, 0.5) is 0 Å². The lowest BCUT2D eigenvalue weighted by Gasteiger charge is -2.31. The van der Waals surface area contributed by atoms with Gasteiger partial charge in [0, 0.05) is 18.7 Å². The molecule has 0 saturated heterocycles. The monoisotopic (exact) mass is 274 g/mol. The van der Waals surface area contributed by atoms with Gasteiger partial charge in [-0.15, -0.1) is 0 Å². The van der Waals surface area contributed by atoms with Crippen LogP contribution in [0, 0.1) is 0 Å². The van der Waals surface area contributed by atoms with E-state index in [1.54, 1.807) is 11.8 Å². The number of hydrogen-bond acceptors (Lipinski definition) is 4. The molecule has 5 heteroatoms. The fraction of sp³-hybridized carbons (Fsp3) is 0.467. The molecule has 1 amide bonds. The molecule has 2 unspecified atom stereocenters. The molecule has 0 fully saturated rings. The summed E-state index contributed by atoms with van der Waals surface area (Å²) in [5, 5.41) is 4.11. The number of hydrogen-bond donors (Lipinski definition) is 0. The smallest absolute Gasteiger partial charge is 0.273 e. The van der Waals surface area contributed by atoms with E-state index < -0.39 is 11.7 Å². The van der Waals surface area contributed by atoms with Crippen LogP contribution in [0.1, 0.15) is 26.3 Å². The maximum Gasteiger partial charge on any atom is 0.273 e. The summed E-state index contributed by atoms with van der Waals surface area (Å²) in [5.41, 5.74) is 0.539. The SMILES string of the molecule is CCN(CC)C(=O)C1(C)ON=C2c3ccccc3OC21. The number of benzene rings is 1. The summed E-state index contributed by atoms with van der Waals surface area (Å²) in [4.78, 5) is 19.9. The largest absolute Gasteiger partial charge is 0.478 e. The molecule has 0 bridgehead atoms. The van der Waals surface area contributed by atoms with E-state index in [-0.39, 0.29) is 5.91 Å². The summed E-state index contributed by atoms with van der Waals surface area (Å²) in [7, 11) is 0. The molecule has 0 spiro atoms. The third-order valence-corrected chi connectivity index (χ3v) is 3.97. The molecule has 2 heterocycles. The minimum Gasteiger partial charge on any atom is -0.478 e. The highest BCUT2D eigenvalue weighted by molar-refractivity contribution is 6.12. The Morgan fingerprint density at radius 3 is 2.75 bits per heavy atom. The Morgan fingerprint density at radius 1 is 1.35 bits per heavy atom. The lowest BCUT2D eigenvalue weighted by atomic mass is 9.93. The molecular weight excluding hydrogens is 256 g/mol. The Hall–Kier alpha value is -2.04. The van der Waals surface area contributed by atoms with Gasteiger partial charge in [0.25, 0.3) is 11.5 Å². The standard InChI is InChI=1S/C15H18N2O3/c1-4-17(5-2)14(18)15(3)13-12(16-20-15)10-8-6-7-9-11(10)19-13/h6-9,13H,4-5H2,1-3H3. The fourth-order valence-corrected chi connectivity index (χ4v) is 2.74. The molecule has 0 radical (unpaired) electrons. The Bertz CT molecular complexity index is 580. The van der Waals surface area contributed by atoms with Crippen LogP contribution in [0.5, 0.6) is 5.75 Å². The summed E-state index contributed by atoms with van der Waals surface area (Å²) >= 11 is 0. The van der Waals surface area contributed by atoms with Gasteiger partial charge >= 0.3 is 0 Å². The van der Waals surface area contributed by atoms with Crippen molar-refractivity contribution in [2.24, 2.45) is 5.16 Å². The van der Waals surface area contributed by atoms with Crippen LogP contribution in [0.15, 0.2) is 29.4 Å². The summed E-state index contributed by atoms with van der Waals surface area (Å²) in [6.45, 7) is 6.94. The highest BCUT2D eigenvalue weighted by Crippen LogP contribution is 2.39. The quantitative estimate of drug-likeness (QED) is 0.844. The number of para-hydroxylation sites is 1. The first-order valence-electron chi connectivity index (χ1n) is 6.93. The summed E-state index contributed by atoms with van der Waals surface area (Å²) in [6, 6.07) is 7.66. The zero-order valence-corrected chi connectivity index (χ0v) is 11.9. The predicted octanol–water partition coefficient (Wildman–Crippen LogP) is 1.81. The molecule has 0 saturated carbocycles. The van der Waals surface area contributed by atoms with E-state index in [1.807, 2.05) is 38.1 Å². The first-order valence-corrected chi connectivity index (χ1v) is 6.93. The van der Waals surface area contributed by atoms with Gasteiger partial charge in [0.05, 0.1) is 0 Å². The number of fused-ring (bicyclic) bond motifs is 3. The van der Waals surface area contributed by atoms with Gasteiger partial charge in [0.2, 0.25) is 0 Å². The van der Waals surface area contributed by atoms with Crippen molar-refractivity contribution in [1.29, 1.82) is 0 Å². The number of carbonyl (C=O) groups is 1. The minimum absolute atomic E-state index is 0.0842. The number of carbonyl (C=O) groups excluding carboxylic acids is 1. The summed E-state index contributed by atoms with van der Waals surface area (Å²) < 4.78 is 5.90. The van der Waals surface area contributed by atoms with Gasteiger partial charge < -0.3 is 14.5 Å². The normalized spacial score (nSPS) is 26.1. The van der Waals surface area contributed by atoms with Gasteiger partial charge in [-0.3, -0.25) is 4.79 Å². The first-order chi connectivity index (χ1) is 9.61. The molecule has 2 atom stereocenters. The van der Waals surface area contributed by atoms with Crippen molar-refractivity contribution < 1.29 is 14.4 Å². The van der Waals surface area contributed by atoms with Crippen molar-refractivity contribution in [2.75, 3.05) is 13.1 Å². The predicted molar refractivity (Wildman–Crippen MR) is 74.8 cm³/mol. The van der Waals surface area contributed by atoms with Crippen molar-refractivity contribution in [2.45, 2.75) is 32.5 Å². The van der Waals surface area contributed by atoms with Crippen molar-refractivity contribution in [3.63, 3.8) is 0 Å². The Labute approximate surface area is 118 Å². The maximum atomic E-state index is 12.7. The maximum absolute atomic E-state index is 12.7. The molecule has 3 rings (SSSR count). The van der Waals surface area contributed by atoms with Crippen LogP contribution in [0.25, 0.3) is 0 Å². The first kappa shape index (κ1) is 13.0. The van der Waals surface area contributed by atoms with E-state index >= 15 is 0 Å². The van der Waals surface area contributed by atoms with E-state index in [2.05, 4.69) is 5.16 Å². The Morgan fingerprint density at radius 2 is 2.05 bits per heavy atom. The lowest BCUT2D eigenvalue weighted by molar-refractivity contribution is -0.159. The zero-order chi connectivity index (χ0) is 14.3. The van der Waals surface area contributed by atoms with Crippen LogP contribution in [-0.2, 0) is 9.63 Å². The van der Waals surface area contributed by atoms with Crippen molar-refractivity contribution in [3.05, 3.63) is 29.8 Å². The second kappa shape index (κ2) is 4.51. The molecular formula is C15H18N2O3. The molecule has 20 heavy (non-hydrogen) atoms. The minimum atomic E-state index is -1.08. The molecule has 5 nitrogen and oxygen atoms in total. The van der Waals surface area contributed by atoms with Gasteiger partial charge in [-0.25, -0.2) is 0 Å². The second-order valence-electron chi connectivity index (χ2n) is 5.15. The average molecular weight is 274 g/mol. The molecule has 1 aromatic carbocycles. The number of ether oxygens (including phenoxy) is 1. The van der Waals surface area contributed by atoms with Crippen LogP contribution < -0.4 is 4.74 Å². The van der Waals surface area contributed by atoms with Crippen LogP contribution >= 0.6 is 0 Å². The molecule has 0 aliphatic carbocycles. The van der Waals surface area contributed by atoms with Gasteiger partial charge in [0.15, 0.2) is 6.10 Å². The number of nitrogens with zero attached hydrogens (tertiary/aromatic N) is 2. The van der Waals surface area contributed by atoms with Crippen LogP contribution in [-0.4, -0.2) is 41.3 Å². The number of likely N-dealkylation sites (N-methyl/N-ethyl adjacent to an activating group) is 1. The molecule has 1 aromatic rings. The van der Waals surface area contributed by atoms with E-state index in [0.717, 1.165) is 11.3 Å². The number of amides is 1. The molecule has 0 aromatic heterocycles. The van der Waals surface area contributed by atoms with E-state index in [0.29, 0.717) is 18.8 Å². The van der Waals surface area contributed by atoms with E-state index in [1.165, 1.54) is 0 Å².